The molecule has 1 amide bonds. The molecular weight excluding hydrogens is 204 g/mol. The number of nitrogens with one attached hydrogen (secondary N) is 1. The van der Waals surface area contributed by atoms with Gasteiger partial charge in [-0.2, -0.15) is 0 Å². The highest BCUT2D eigenvalue weighted by molar-refractivity contribution is 5.82. The number of nitrogens with two attached hydrogens (primary N) is 1. The predicted molar refractivity (Wildman–Crippen MR) is 63.9 cm³/mol. The Morgan fingerprint density at radius 3 is 2.50 bits per heavy atom. The van der Waals surface area contributed by atoms with E-state index < -0.39 is 11.6 Å². The normalized spacial score (nSPS) is 22.8. The van der Waals surface area contributed by atoms with E-state index >= 15 is 0 Å². The molecule has 4 N–H and O–H groups in total. The molecule has 4 nitrogen and oxygen atoms in total. The van der Waals surface area contributed by atoms with Crippen LogP contribution < -0.4 is 11.1 Å². The summed E-state index contributed by atoms with van der Waals surface area (Å²) >= 11 is 0. The fraction of sp³-hybridized carbons (Fsp3) is 0.917. The fourth-order valence-corrected chi connectivity index (χ4v) is 2.23. The molecule has 1 aliphatic rings. The average molecular weight is 228 g/mol. The summed E-state index contributed by atoms with van der Waals surface area (Å²) in [6, 6.07) is -0.464. The van der Waals surface area contributed by atoms with E-state index in [1.54, 1.807) is 0 Å². The third-order valence-corrected chi connectivity index (χ3v) is 3.81. The van der Waals surface area contributed by atoms with E-state index in [0.717, 1.165) is 32.1 Å². The quantitative estimate of drug-likeness (QED) is 0.651. The second-order valence-corrected chi connectivity index (χ2v) is 5.05. The van der Waals surface area contributed by atoms with E-state index in [9.17, 15) is 9.90 Å². The molecular formula is C12H24N2O2. The number of aliphatic hydroxyl groups is 1. The number of amides is 1. The van der Waals surface area contributed by atoms with Gasteiger partial charge < -0.3 is 16.2 Å². The lowest BCUT2D eigenvalue weighted by Crippen LogP contribution is -2.55. The predicted octanol–water partition coefficient (Wildman–Crippen LogP) is 0.781. The molecule has 1 saturated carbocycles. The highest BCUT2D eigenvalue weighted by Gasteiger charge is 2.36. The molecule has 0 saturated heterocycles. The zero-order valence-corrected chi connectivity index (χ0v) is 10.3. The Morgan fingerprint density at radius 2 is 2.06 bits per heavy atom. The van der Waals surface area contributed by atoms with Crippen LogP contribution in [0.1, 0.15) is 46.0 Å². The van der Waals surface area contributed by atoms with Crippen molar-refractivity contribution < 1.29 is 9.90 Å². The van der Waals surface area contributed by atoms with Crippen LogP contribution in [0.25, 0.3) is 0 Å². The third-order valence-electron chi connectivity index (χ3n) is 3.81. The highest BCUT2D eigenvalue weighted by Crippen LogP contribution is 2.29. The van der Waals surface area contributed by atoms with Gasteiger partial charge in [0, 0.05) is 0 Å². The van der Waals surface area contributed by atoms with E-state index in [0.29, 0.717) is 0 Å². The Hall–Kier alpha value is -0.610. The first kappa shape index (κ1) is 13.5. The van der Waals surface area contributed by atoms with Crippen LogP contribution in [0, 0.1) is 5.92 Å². The van der Waals surface area contributed by atoms with Crippen molar-refractivity contribution in [2.75, 3.05) is 6.61 Å². The summed E-state index contributed by atoms with van der Waals surface area (Å²) in [5.41, 5.74) is 5.47. The van der Waals surface area contributed by atoms with Gasteiger partial charge >= 0.3 is 0 Å². The molecule has 0 aromatic heterocycles. The Balaban J connectivity index is 2.55. The van der Waals surface area contributed by atoms with Gasteiger partial charge in [-0.05, 0) is 18.8 Å². The monoisotopic (exact) mass is 228 g/mol. The second-order valence-electron chi connectivity index (χ2n) is 5.05. The van der Waals surface area contributed by atoms with Crippen LogP contribution in [0.3, 0.4) is 0 Å². The van der Waals surface area contributed by atoms with Gasteiger partial charge in [0.05, 0.1) is 18.2 Å². The average Bonchev–Trinajstić information content (AvgIpc) is 2.76. The van der Waals surface area contributed by atoms with Crippen molar-refractivity contribution in [3.8, 4) is 0 Å². The summed E-state index contributed by atoms with van der Waals surface area (Å²) < 4.78 is 0. The van der Waals surface area contributed by atoms with Gasteiger partial charge in [0.1, 0.15) is 0 Å². The van der Waals surface area contributed by atoms with E-state index in [1.165, 1.54) is 0 Å². The molecule has 0 aromatic carbocycles. The first-order valence-corrected chi connectivity index (χ1v) is 6.23. The number of aliphatic hydroxyl groups excluding tert-OH is 1. The summed E-state index contributed by atoms with van der Waals surface area (Å²) in [6.45, 7) is 4.02. The number of carbonyl (C=O) groups is 1. The summed E-state index contributed by atoms with van der Waals surface area (Å²) in [6.07, 6.45) is 4.75. The van der Waals surface area contributed by atoms with Gasteiger partial charge in [-0.15, -0.1) is 0 Å². The van der Waals surface area contributed by atoms with Crippen molar-refractivity contribution in [3.05, 3.63) is 0 Å². The Morgan fingerprint density at radius 1 is 1.50 bits per heavy atom. The first-order valence-electron chi connectivity index (χ1n) is 6.23. The van der Waals surface area contributed by atoms with Crippen LogP contribution in [-0.4, -0.2) is 29.2 Å². The van der Waals surface area contributed by atoms with Crippen molar-refractivity contribution in [2.24, 2.45) is 11.7 Å². The van der Waals surface area contributed by atoms with Crippen LogP contribution in [0.5, 0.6) is 0 Å². The van der Waals surface area contributed by atoms with Crippen LogP contribution in [0.4, 0.5) is 0 Å². The Bertz CT molecular complexity index is 237. The smallest absolute Gasteiger partial charge is 0.237 e. The van der Waals surface area contributed by atoms with E-state index in [1.807, 2.05) is 13.8 Å². The summed E-state index contributed by atoms with van der Waals surface area (Å²) in [4.78, 5) is 11.9. The van der Waals surface area contributed by atoms with E-state index in [4.69, 9.17) is 5.73 Å². The highest BCUT2D eigenvalue weighted by atomic mass is 16.3. The van der Waals surface area contributed by atoms with Crippen LogP contribution in [-0.2, 0) is 4.79 Å². The maximum absolute atomic E-state index is 11.9. The standard InChI is InChI=1S/C12H24N2O2/c1-3-9(2)10(13)11(16)14-12(8-15)6-4-5-7-12/h9-10,15H,3-8,13H2,1-2H3,(H,14,16)/t9-,10-/m0/s1. The molecule has 0 radical (unpaired) electrons. The molecule has 1 fully saturated rings. The Kier molecular flexibility index (Phi) is 4.74. The maximum Gasteiger partial charge on any atom is 0.237 e. The first-order chi connectivity index (χ1) is 7.54. The number of carbonyl (C=O) groups excluding carboxylic acids is 1. The van der Waals surface area contributed by atoms with Gasteiger partial charge in [0.2, 0.25) is 5.91 Å². The van der Waals surface area contributed by atoms with Crippen molar-refractivity contribution in [1.82, 2.24) is 5.32 Å². The summed E-state index contributed by atoms with van der Waals surface area (Å²) in [5, 5.41) is 12.3. The van der Waals surface area contributed by atoms with Crippen LogP contribution in [0.2, 0.25) is 0 Å². The molecule has 0 bridgehead atoms. The zero-order valence-electron chi connectivity index (χ0n) is 10.3. The molecule has 16 heavy (non-hydrogen) atoms. The molecule has 0 aromatic rings. The van der Waals surface area contributed by atoms with Gasteiger partial charge in [-0.3, -0.25) is 4.79 Å². The molecule has 1 rings (SSSR count). The van der Waals surface area contributed by atoms with Gasteiger partial charge in [-0.25, -0.2) is 0 Å². The molecule has 2 atom stereocenters. The largest absolute Gasteiger partial charge is 0.394 e. The van der Waals surface area contributed by atoms with Gasteiger partial charge in [0.15, 0.2) is 0 Å². The minimum atomic E-state index is -0.464. The SMILES string of the molecule is CC[C@H](C)[C@H](N)C(=O)NC1(CO)CCCC1. The molecule has 0 spiro atoms. The molecule has 4 heteroatoms. The molecule has 0 heterocycles. The van der Waals surface area contributed by atoms with E-state index in [2.05, 4.69) is 5.32 Å². The molecule has 0 unspecified atom stereocenters. The lowest BCUT2D eigenvalue weighted by atomic mass is 9.95. The number of hydrogen-bond donors (Lipinski definition) is 3. The van der Waals surface area contributed by atoms with Crippen molar-refractivity contribution in [3.63, 3.8) is 0 Å². The molecule has 94 valence electrons. The van der Waals surface area contributed by atoms with Crippen LogP contribution >= 0.6 is 0 Å². The number of hydrogen-bond acceptors (Lipinski definition) is 3. The van der Waals surface area contributed by atoms with Gasteiger partial charge in [-0.1, -0.05) is 33.1 Å². The van der Waals surface area contributed by atoms with Crippen molar-refractivity contribution in [2.45, 2.75) is 57.5 Å². The molecule has 1 aliphatic carbocycles. The summed E-state index contributed by atoms with van der Waals surface area (Å²) in [5.74, 6) is 0.0578. The minimum absolute atomic E-state index is 0.0198. The molecule has 0 aliphatic heterocycles. The zero-order chi connectivity index (χ0) is 12.2. The minimum Gasteiger partial charge on any atom is -0.394 e. The lowest BCUT2D eigenvalue weighted by Gasteiger charge is -2.30. The topological polar surface area (TPSA) is 75.4 Å². The number of rotatable bonds is 5. The van der Waals surface area contributed by atoms with Gasteiger partial charge in [0.25, 0.3) is 0 Å². The van der Waals surface area contributed by atoms with Crippen molar-refractivity contribution in [1.29, 1.82) is 0 Å². The second kappa shape index (κ2) is 5.64. The fourth-order valence-electron chi connectivity index (χ4n) is 2.23. The third kappa shape index (κ3) is 2.95. The van der Waals surface area contributed by atoms with E-state index in [-0.39, 0.29) is 18.4 Å². The lowest BCUT2D eigenvalue weighted by molar-refractivity contribution is -0.125. The van der Waals surface area contributed by atoms with Crippen molar-refractivity contribution >= 4 is 5.91 Å². The van der Waals surface area contributed by atoms with Crippen LogP contribution in [0.15, 0.2) is 0 Å². The summed E-state index contributed by atoms with van der Waals surface area (Å²) in [7, 11) is 0. The Labute approximate surface area is 97.6 Å². The maximum atomic E-state index is 11.9.